The van der Waals surface area contributed by atoms with Crippen molar-refractivity contribution in [2.45, 2.75) is 57.5 Å². The number of benzene rings is 1. The summed E-state index contributed by atoms with van der Waals surface area (Å²) in [6, 6.07) is 8.89. The van der Waals surface area contributed by atoms with E-state index in [4.69, 9.17) is 9.98 Å². The number of anilines is 1. The molecule has 1 N–H and O–H groups in total. The van der Waals surface area contributed by atoms with E-state index < -0.39 is 0 Å². The van der Waals surface area contributed by atoms with Crippen molar-refractivity contribution in [2.75, 3.05) is 5.32 Å². The molecule has 0 amide bonds. The Balaban J connectivity index is 0.00000231. The second kappa shape index (κ2) is 10.3. The average molecular weight is 582 g/mol. The number of aliphatic imine (C=N–C) groups is 1. The number of aromatic nitrogens is 2. The van der Waals surface area contributed by atoms with E-state index in [0.717, 1.165) is 40.1 Å². The number of nitrogens with zero attached hydrogens (tertiary/aromatic N) is 3. The monoisotopic (exact) mass is 582 g/mol. The van der Waals surface area contributed by atoms with Crippen molar-refractivity contribution in [1.82, 2.24) is 9.97 Å². The summed E-state index contributed by atoms with van der Waals surface area (Å²) in [5, 5.41) is 3.58. The Hall–Kier alpha value is -2.35. The van der Waals surface area contributed by atoms with Crippen LogP contribution in [0.5, 0.6) is 0 Å². The smallest absolute Gasteiger partial charge is 0.107 e. The van der Waals surface area contributed by atoms with Gasteiger partial charge in [-0.1, -0.05) is 92.1 Å². The number of allylic oxidation sites excluding steroid dienone is 6. The van der Waals surface area contributed by atoms with Crippen LogP contribution in [-0.2, 0) is 27.0 Å². The summed E-state index contributed by atoms with van der Waals surface area (Å²) in [7, 11) is 0. The molecule has 0 atom stereocenters. The van der Waals surface area contributed by atoms with Crippen LogP contribution in [0.2, 0.25) is 0 Å². The number of rotatable bonds is 3. The van der Waals surface area contributed by atoms with Crippen molar-refractivity contribution in [3.8, 4) is 11.3 Å². The van der Waals surface area contributed by atoms with Gasteiger partial charge in [0.05, 0.1) is 5.71 Å². The Kier molecular flexibility index (Phi) is 7.27. The SMILES string of the molecule is [Re].[c-]1nc(NC2CCCCCC2)nc2c1CN=C(C1=CC=CCC=C1)c1ccccc1-2. The van der Waals surface area contributed by atoms with Gasteiger partial charge >= 0.3 is 0 Å². The fourth-order valence-corrected chi connectivity index (χ4v) is 4.50. The molecule has 5 rings (SSSR count). The Morgan fingerprint density at radius 3 is 2.61 bits per heavy atom. The third-order valence-electron chi connectivity index (χ3n) is 6.08. The Morgan fingerprint density at radius 2 is 1.77 bits per heavy atom. The normalized spacial score (nSPS) is 18.3. The van der Waals surface area contributed by atoms with Gasteiger partial charge in [0, 0.05) is 33.0 Å². The largest absolute Gasteiger partial charge is 0.404 e. The van der Waals surface area contributed by atoms with Crippen LogP contribution in [0.4, 0.5) is 5.95 Å². The zero-order chi connectivity index (χ0) is 20.2. The fraction of sp³-hybridized carbons (Fsp3) is 0.346. The molecule has 4 nitrogen and oxygen atoms in total. The second-order valence-corrected chi connectivity index (χ2v) is 8.22. The molecule has 1 saturated carbocycles. The summed E-state index contributed by atoms with van der Waals surface area (Å²) in [5.74, 6) is 0.690. The summed E-state index contributed by atoms with van der Waals surface area (Å²) < 4.78 is 0. The maximum Gasteiger partial charge on any atom is 0.107 e. The zero-order valence-corrected chi connectivity index (χ0v) is 20.4. The molecule has 0 unspecified atom stereocenters. The van der Waals surface area contributed by atoms with Gasteiger partial charge in [-0.15, -0.1) is 0 Å². The zero-order valence-electron chi connectivity index (χ0n) is 17.6. The fourth-order valence-electron chi connectivity index (χ4n) is 4.50. The van der Waals surface area contributed by atoms with Gasteiger partial charge < -0.3 is 15.3 Å². The molecule has 0 saturated heterocycles. The van der Waals surface area contributed by atoms with Crippen molar-refractivity contribution >= 4 is 11.7 Å². The minimum atomic E-state index is 0. The van der Waals surface area contributed by atoms with E-state index in [9.17, 15) is 0 Å². The first-order valence-electron chi connectivity index (χ1n) is 11.1. The average Bonchev–Trinajstić information content (AvgIpc) is 3.25. The molecule has 0 spiro atoms. The maximum absolute atomic E-state index is 4.96. The first-order chi connectivity index (χ1) is 14.9. The van der Waals surface area contributed by atoms with Gasteiger partial charge in [0.15, 0.2) is 0 Å². The molecule has 1 aromatic carbocycles. The van der Waals surface area contributed by atoms with Crippen LogP contribution < -0.4 is 5.32 Å². The molecular formula is C26H27N4Re-. The van der Waals surface area contributed by atoms with Gasteiger partial charge in [0.2, 0.25) is 0 Å². The van der Waals surface area contributed by atoms with Gasteiger partial charge in [0.1, 0.15) is 5.95 Å². The van der Waals surface area contributed by atoms with E-state index >= 15 is 0 Å². The predicted octanol–water partition coefficient (Wildman–Crippen LogP) is 5.82. The van der Waals surface area contributed by atoms with E-state index in [2.05, 4.69) is 71.1 Å². The number of hydrogen-bond acceptors (Lipinski definition) is 4. The molecule has 3 aliphatic rings. The van der Waals surface area contributed by atoms with Gasteiger partial charge in [0.25, 0.3) is 0 Å². The molecule has 1 radical (unpaired) electrons. The Labute approximate surface area is 198 Å². The molecule has 2 heterocycles. The minimum absolute atomic E-state index is 0. The Bertz CT molecular complexity index is 1040. The van der Waals surface area contributed by atoms with Crippen LogP contribution in [0, 0.1) is 6.20 Å². The molecule has 31 heavy (non-hydrogen) atoms. The van der Waals surface area contributed by atoms with E-state index in [0.29, 0.717) is 18.5 Å². The summed E-state index contributed by atoms with van der Waals surface area (Å²) in [6.07, 6.45) is 22.6. The van der Waals surface area contributed by atoms with Crippen LogP contribution in [0.3, 0.4) is 0 Å². The van der Waals surface area contributed by atoms with Gasteiger partial charge in [-0.2, -0.15) is 0 Å². The first-order valence-corrected chi connectivity index (χ1v) is 11.1. The molecule has 2 aromatic rings. The number of nitrogens with one attached hydrogen (secondary N) is 1. The number of hydrogen-bond donors (Lipinski definition) is 1. The third kappa shape index (κ3) is 4.95. The van der Waals surface area contributed by atoms with E-state index in [1.807, 2.05) is 0 Å². The summed E-state index contributed by atoms with van der Waals surface area (Å²) in [4.78, 5) is 14.4. The molecule has 0 bridgehead atoms. The molecule has 5 heteroatoms. The Morgan fingerprint density at radius 1 is 0.968 bits per heavy atom. The van der Waals surface area contributed by atoms with E-state index in [1.165, 1.54) is 38.5 Å². The topological polar surface area (TPSA) is 50.2 Å². The molecule has 159 valence electrons. The summed E-state index contributed by atoms with van der Waals surface area (Å²) in [5.41, 5.74) is 6.28. The van der Waals surface area contributed by atoms with Crippen LogP contribution in [0.15, 0.2) is 65.2 Å². The predicted molar refractivity (Wildman–Crippen MR) is 123 cm³/mol. The van der Waals surface area contributed by atoms with Gasteiger partial charge in [-0.3, -0.25) is 4.99 Å². The van der Waals surface area contributed by atoms with Crippen LogP contribution in [0.25, 0.3) is 11.3 Å². The standard InChI is InChI=1S/C26H27N4.Re/c1-2-6-12-19(11-5-1)24-22-15-9-10-16-23(22)25-20(17-27-24)18-28-26(30-25)29-21-13-7-3-4-8-14-21;/h1,5-6,9-12,15-16,21H,2-4,7-8,13-14,17H2,(H,28,29,30);/q-1;. The molecule has 2 aliphatic carbocycles. The first kappa shape index (κ1) is 21.9. The van der Waals surface area contributed by atoms with Gasteiger partial charge in [-0.25, -0.2) is 0 Å². The molecule has 1 aliphatic heterocycles. The van der Waals surface area contributed by atoms with Crippen molar-refractivity contribution in [3.63, 3.8) is 0 Å². The van der Waals surface area contributed by atoms with E-state index in [1.54, 1.807) is 0 Å². The third-order valence-corrected chi connectivity index (χ3v) is 6.08. The minimum Gasteiger partial charge on any atom is -0.404 e. The van der Waals surface area contributed by atoms with Crippen LogP contribution in [0.1, 0.15) is 56.1 Å². The molecule has 1 fully saturated rings. The summed E-state index contributed by atoms with van der Waals surface area (Å²) >= 11 is 0. The van der Waals surface area contributed by atoms with Crippen molar-refractivity contribution in [2.24, 2.45) is 4.99 Å². The van der Waals surface area contributed by atoms with Crippen LogP contribution >= 0.6 is 0 Å². The molecule has 1 aromatic heterocycles. The molecular weight excluding hydrogens is 555 g/mol. The van der Waals surface area contributed by atoms with E-state index in [-0.39, 0.29) is 20.4 Å². The summed E-state index contributed by atoms with van der Waals surface area (Å²) in [6.45, 7) is 0.540. The van der Waals surface area contributed by atoms with Crippen molar-refractivity contribution < 1.29 is 20.4 Å². The maximum atomic E-state index is 4.96. The van der Waals surface area contributed by atoms with Crippen LogP contribution in [-0.4, -0.2) is 21.7 Å². The van der Waals surface area contributed by atoms with Crippen molar-refractivity contribution in [3.05, 3.63) is 77.5 Å². The quantitative estimate of drug-likeness (QED) is 0.367. The number of fused-ring (bicyclic) bond motifs is 3. The second-order valence-electron chi connectivity index (χ2n) is 8.22. The van der Waals surface area contributed by atoms with Gasteiger partial charge in [-0.05, 0) is 41.7 Å². The van der Waals surface area contributed by atoms with Crippen molar-refractivity contribution in [1.29, 1.82) is 0 Å².